The van der Waals surface area contributed by atoms with Crippen LogP contribution in [0.2, 0.25) is 10.0 Å². The van der Waals surface area contributed by atoms with Crippen LogP contribution < -0.4 is 5.32 Å². The fourth-order valence-electron chi connectivity index (χ4n) is 3.20. The van der Waals surface area contributed by atoms with Gasteiger partial charge in [-0.25, -0.2) is 13.6 Å². The van der Waals surface area contributed by atoms with E-state index in [1.165, 1.54) is 23.1 Å². The molecular weight excluding hydrogens is 441 g/mol. The summed E-state index contributed by atoms with van der Waals surface area (Å²) in [5, 5.41) is 2.82. The largest absolute Gasteiger partial charge is 0.465 e. The zero-order chi connectivity index (χ0) is 22.0. The fourth-order valence-corrected chi connectivity index (χ4v) is 3.50. The second-order valence-corrected chi connectivity index (χ2v) is 7.39. The van der Waals surface area contributed by atoms with Gasteiger partial charge in [-0.1, -0.05) is 23.2 Å². The maximum atomic E-state index is 14.1. The van der Waals surface area contributed by atoms with Crippen molar-refractivity contribution in [2.24, 2.45) is 0 Å². The lowest BCUT2D eigenvalue weighted by molar-refractivity contribution is -0.119. The van der Waals surface area contributed by atoms with Crippen LogP contribution in [0.25, 0.3) is 0 Å². The van der Waals surface area contributed by atoms with Gasteiger partial charge in [0.15, 0.2) is 0 Å². The maximum Gasteiger partial charge on any atom is 0.340 e. The summed E-state index contributed by atoms with van der Waals surface area (Å²) in [5.74, 6) is -4.29. The molecular formula is C20H16Cl2F2N2O4. The predicted octanol–water partition coefficient (Wildman–Crippen LogP) is 4.30. The Morgan fingerprint density at radius 3 is 2.50 bits per heavy atom. The third kappa shape index (κ3) is 4.39. The van der Waals surface area contributed by atoms with Gasteiger partial charge in [0.05, 0.1) is 28.4 Å². The van der Waals surface area contributed by atoms with E-state index in [0.29, 0.717) is 25.5 Å². The Morgan fingerprint density at radius 1 is 1.10 bits per heavy atom. The van der Waals surface area contributed by atoms with E-state index in [2.05, 4.69) is 10.1 Å². The van der Waals surface area contributed by atoms with Crippen LogP contribution in [0, 0.1) is 11.6 Å². The number of carbonyl (C=O) groups is 3. The number of carbonyl (C=O) groups excluding carboxylic acids is 3. The molecule has 158 valence electrons. The molecule has 1 aliphatic heterocycles. The highest BCUT2D eigenvalue weighted by atomic mass is 35.5. The molecule has 0 spiro atoms. The predicted molar refractivity (Wildman–Crippen MR) is 107 cm³/mol. The first-order chi connectivity index (χ1) is 14.2. The molecule has 1 atom stereocenters. The number of hydrogen-bond acceptors (Lipinski definition) is 4. The fraction of sp³-hybridized carbons (Fsp3) is 0.250. The number of anilines is 1. The molecule has 2 aromatic rings. The summed E-state index contributed by atoms with van der Waals surface area (Å²) in [5.41, 5.74) is -0.662. The summed E-state index contributed by atoms with van der Waals surface area (Å²) in [6, 6.07) is 4.83. The number of nitrogens with zero attached hydrogens (tertiary/aromatic N) is 1. The SMILES string of the molecule is COC(=O)c1cc(NC(=O)C2CCCN2C(=O)c2ccc(Cl)c(Cl)c2)c(F)cc1F. The lowest BCUT2D eigenvalue weighted by Crippen LogP contribution is -2.43. The van der Waals surface area contributed by atoms with Crippen molar-refractivity contribution in [3.8, 4) is 0 Å². The Morgan fingerprint density at radius 2 is 1.83 bits per heavy atom. The van der Waals surface area contributed by atoms with Gasteiger partial charge in [0.25, 0.3) is 5.91 Å². The Hall–Kier alpha value is -2.71. The molecule has 1 heterocycles. The van der Waals surface area contributed by atoms with E-state index in [1.807, 2.05) is 0 Å². The first kappa shape index (κ1) is 22.0. The average molecular weight is 457 g/mol. The van der Waals surface area contributed by atoms with E-state index >= 15 is 0 Å². The molecule has 1 saturated heterocycles. The number of methoxy groups -OCH3 is 1. The lowest BCUT2D eigenvalue weighted by Gasteiger charge is -2.24. The molecule has 30 heavy (non-hydrogen) atoms. The van der Waals surface area contributed by atoms with Crippen LogP contribution in [-0.4, -0.2) is 42.4 Å². The average Bonchev–Trinajstić information content (AvgIpc) is 3.21. The van der Waals surface area contributed by atoms with Gasteiger partial charge in [-0.15, -0.1) is 0 Å². The summed E-state index contributed by atoms with van der Waals surface area (Å²) < 4.78 is 32.4. The van der Waals surface area contributed by atoms with Gasteiger partial charge in [-0.2, -0.15) is 0 Å². The molecule has 1 N–H and O–H groups in total. The Labute approximate surface area is 180 Å². The van der Waals surface area contributed by atoms with Crippen molar-refractivity contribution in [3.05, 3.63) is 63.1 Å². The first-order valence-corrected chi connectivity index (χ1v) is 9.62. The number of esters is 1. The number of benzene rings is 2. The van der Waals surface area contributed by atoms with E-state index < -0.39 is 46.7 Å². The number of ether oxygens (including phenoxy) is 1. The van der Waals surface area contributed by atoms with E-state index in [-0.39, 0.29) is 15.6 Å². The Balaban J connectivity index is 1.82. The van der Waals surface area contributed by atoms with Crippen molar-refractivity contribution in [1.82, 2.24) is 4.90 Å². The summed E-state index contributed by atoms with van der Waals surface area (Å²) in [6.45, 7) is 0.316. The Bertz CT molecular complexity index is 1030. The molecule has 1 unspecified atom stereocenters. The third-order valence-electron chi connectivity index (χ3n) is 4.70. The summed E-state index contributed by atoms with van der Waals surface area (Å²) in [6.07, 6.45) is 0.913. The highest BCUT2D eigenvalue weighted by Gasteiger charge is 2.35. The van der Waals surface area contributed by atoms with Gasteiger partial charge in [-0.3, -0.25) is 9.59 Å². The number of amides is 2. The minimum absolute atomic E-state index is 0.200. The number of hydrogen-bond donors (Lipinski definition) is 1. The highest BCUT2D eigenvalue weighted by molar-refractivity contribution is 6.42. The second-order valence-electron chi connectivity index (χ2n) is 6.58. The van der Waals surface area contributed by atoms with Crippen molar-refractivity contribution < 1.29 is 27.9 Å². The molecule has 0 bridgehead atoms. The molecule has 2 amide bonds. The molecule has 0 aromatic heterocycles. The number of nitrogens with one attached hydrogen (secondary N) is 1. The standard InChI is InChI=1S/C20H16Cl2F2N2O4/c1-30-20(29)11-8-16(15(24)9-14(11)23)25-18(27)17-3-2-6-26(17)19(28)10-4-5-12(21)13(22)7-10/h4-5,7-9,17H,2-3,6H2,1H3,(H,25,27). The lowest BCUT2D eigenvalue weighted by atomic mass is 10.1. The van der Waals surface area contributed by atoms with Crippen LogP contribution in [0.5, 0.6) is 0 Å². The summed E-state index contributed by atoms with van der Waals surface area (Å²) in [4.78, 5) is 38.5. The van der Waals surface area contributed by atoms with Crippen molar-refractivity contribution in [1.29, 1.82) is 0 Å². The van der Waals surface area contributed by atoms with Crippen LogP contribution in [-0.2, 0) is 9.53 Å². The van der Waals surface area contributed by atoms with Crippen molar-refractivity contribution in [2.45, 2.75) is 18.9 Å². The number of likely N-dealkylation sites (tertiary alicyclic amines) is 1. The minimum Gasteiger partial charge on any atom is -0.465 e. The molecule has 0 saturated carbocycles. The molecule has 6 nitrogen and oxygen atoms in total. The zero-order valence-electron chi connectivity index (χ0n) is 15.7. The van der Waals surface area contributed by atoms with Crippen LogP contribution in [0.4, 0.5) is 14.5 Å². The normalized spacial score (nSPS) is 15.8. The van der Waals surface area contributed by atoms with Gasteiger partial charge in [0, 0.05) is 18.2 Å². The highest BCUT2D eigenvalue weighted by Crippen LogP contribution is 2.27. The Kier molecular flexibility index (Phi) is 6.58. The molecule has 3 rings (SSSR count). The topological polar surface area (TPSA) is 75.7 Å². The smallest absolute Gasteiger partial charge is 0.340 e. The first-order valence-electron chi connectivity index (χ1n) is 8.87. The van der Waals surface area contributed by atoms with Crippen molar-refractivity contribution in [2.75, 3.05) is 19.0 Å². The second kappa shape index (κ2) is 8.97. The van der Waals surface area contributed by atoms with E-state index in [0.717, 1.165) is 13.2 Å². The number of rotatable bonds is 4. The summed E-state index contributed by atoms with van der Waals surface area (Å²) >= 11 is 11.8. The van der Waals surface area contributed by atoms with Gasteiger partial charge >= 0.3 is 5.97 Å². The molecule has 1 fully saturated rings. The molecule has 10 heteroatoms. The van der Waals surface area contributed by atoms with Crippen LogP contribution >= 0.6 is 23.2 Å². The molecule has 0 radical (unpaired) electrons. The molecule has 1 aliphatic rings. The number of halogens is 4. The monoisotopic (exact) mass is 456 g/mol. The van der Waals surface area contributed by atoms with Crippen LogP contribution in [0.15, 0.2) is 30.3 Å². The van der Waals surface area contributed by atoms with Crippen molar-refractivity contribution in [3.63, 3.8) is 0 Å². The van der Waals surface area contributed by atoms with Crippen LogP contribution in [0.3, 0.4) is 0 Å². The van der Waals surface area contributed by atoms with Gasteiger partial charge in [0.2, 0.25) is 5.91 Å². The van der Waals surface area contributed by atoms with E-state index in [9.17, 15) is 23.2 Å². The third-order valence-corrected chi connectivity index (χ3v) is 5.44. The summed E-state index contributed by atoms with van der Waals surface area (Å²) in [7, 11) is 1.05. The van der Waals surface area contributed by atoms with Crippen molar-refractivity contribution >= 4 is 46.7 Å². The van der Waals surface area contributed by atoms with E-state index in [4.69, 9.17) is 23.2 Å². The van der Waals surface area contributed by atoms with E-state index in [1.54, 1.807) is 0 Å². The maximum absolute atomic E-state index is 14.1. The molecule has 2 aromatic carbocycles. The van der Waals surface area contributed by atoms with Gasteiger partial charge in [-0.05, 0) is 37.1 Å². The molecule has 0 aliphatic carbocycles. The van der Waals surface area contributed by atoms with Gasteiger partial charge in [0.1, 0.15) is 17.7 Å². The zero-order valence-corrected chi connectivity index (χ0v) is 17.2. The quantitative estimate of drug-likeness (QED) is 0.695. The van der Waals surface area contributed by atoms with Gasteiger partial charge < -0.3 is 15.0 Å². The van der Waals surface area contributed by atoms with Crippen LogP contribution in [0.1, 0.15) is 33.6 Å². The minimum atomic E-state index is -1.12.